The van der Waals surface area contributed by atoms with Gasteiger partial charge in [0.05, 0.1) is 10.2 Å². The van der Waals surface area contributed by atoms with Crippen molar-refractivity contribution in [2.24, 2.45) is 0 Å². The van der Waals surface area contributed by atoms with Gasteiger partial charge < -0.3 is 5.11 Å². The Morgan fingerprint density at radius 2 is 2.06 bits per heavy atom. The predicted molar refractivity (Wildman–Crippen MR) is 76.5 cm³/mol. The van der Waals surface area contributed by atoms with Crippen molar-refractivity contribution in [3.63, 3.8) is 0 Å². The molecule has 0 aliphatic heterocycles. The monoisotopic (exact) mass is 275 g/mol. The van der Waals surface area contributed by atoms with Crippen molar-refractivity contribution in [1.29, 1.82) is 0 Å². The summed E-state index contributed by atoms with van der Waals surface area (Å²) in [6.07, 6.45) is 0. The smallest absolute Gasteiger partial charge is 0.125 e. The quantitative estimate of drug-likeness (QED) is 0.702. The third kappa shape index (κ3) is 1.85. The lowest BCUT2D eigenvalue weighted by atomic mass is 10.1. The van der Waals surface area contributed by atoms with E-state index in [9.17, 15) is 5.11 Å². The maximum absolute atomic E-state index is 9.74. The molecule has 0 saturated heterocycles. The van der Waals surface area contributed by atoms with Crippen molar-refractivity contribution in [3.05, 3.63) is 47.0 Å². The molecule has 0 atom stereocenters. The third-order valence-electron chi connectivity index (χ3n) is 2.89. The van der Waals surface area contributed by atoms with Crippen molar-refractivity contribution in [2.45, 2.75) is 6.92 Å². The average molecular weight is 276 g/mol. The van der Waals surface area contributed by atoms with Crippen LogP contribution in [0.1, 0.15) is 5.56 Å². The molecule has 0 spiro atoms. The van der Waals surface area contributed by atoms with Crippen LogP contribution in [0.3, 0.4) is 0 Å². The molecule has 90 valence electrons. The van der Waals surface area contributed by atoms with E-state index in [0.717, 1.165) is 26.4 Å². The highest BCUT2D eigenvalue weighted by atomic mass is 35.5. The molecule has 0 aliphatic carbocycles. The summed E-state index contributed by atoms with van der Waals surface area (Å²) in [7, 11) is 0. The highest BCUT2D eigenvalue weighted by Gasteiger charge is 2.10. The van der Waals surface area contributed by atoms with Crippen LogP contribution in [0.2, 0.25) is 5.02 Å². The van der Waals surface area contributed by atoms with Crippen LogP contribution in [-0.4, -0.2) is 10.1 Å². The Morgan fingerprint density at radius 1 is 1.22 bits per heavy atom. The van der Waals surface area contributed by atoms with Gasteiger partial charge in [-0.2, -0.15) is 0 Å². The Labute approximate surface area is 113 Å². The van der Waals surface area contributed by atoms with Gasteiger partial charge in [-0.25, -0.2) is 4.98 Å². The molecule has 2 nitrogen and oxygen atoms in total. The third-order valence-corrected chi connectivity index (χ3v) is 4.19. The van der Waals surface area contributed by atoms with Gasteiger partial charge in [0.15, 0.2) is 0 Å². The molecule has 2 aromatic carbocycles. The first-order chi connectivity index (χ1) is 8.65. The fourth-order valence-electron chi connectivity index (χ4n) is 1.87. The second-order valence-corrected chi connectivity index (χ2v) is 5.55. The van der Waals surface area contributed by atoms with Crippen molar-refractivity contribution in [3.8, 4) is 16.3 Å². The molecule has 0 radical (unpaired) electrons. The minimum Gasteiger partial charge on any atom is -0.508 e. The zero-order chi connectivity index (χ0) is 12.7. The second kappa shape index (κ2) is 4.26. The van der Waals surface area contributed by atoms with E-state index in [4.69, 9.17) is 11.6 Å². The standard InChI is InChI=1S/C14H10ClNOS/c1-8-10(3-2-4-12(8)17)14-16-11-7-9(15)5-6-13(11)18-14/h2-7,17H,1H3. The number of nitrogens with zero attached hydrogens (tertiary/aromatic N) is 1. The van der Waals surface area contributed by atoms with Crippen LogP contribution >= 0.6 is 22.9 Å². The summed E-state index contributed by atoms with van der Waals surface area (Å²) < 4.78 is 1.09. The van der Waals surface area contributed by atoms with Gasteiger partial charge in [-0.15, -0.1) is 11.3 Å². The van der Waals surface area contributed by atoms with E-state index in [-0.39, 0.29) is 0 Å². The fourth-order valence-corrected chi connectivity index (χ4v) is 3.07. The summed E-state index contributed by atoms with van der Waals surface area (Å²) in [6, 6.07) is 11.2. The van der Waals surface area contributed by atoms with E-state index in [1.165, 1.54) is 0 Å². The lowest BCUT2D eigenvalue weighted by molar-refractivity contribution is 0.471. The van der Waals surface area contributed by atoms with Gasteiger partial charge in [0, 0.05) is 16.1 Å². The minimum atomic E-state index is 0.296. The molecule has 0 fully saturated rings. The van der Waals surface area contributed by atoms with Gasteiger partial charge >= 0.3 is 0 Å². The van der Waals surface area contributed by atoms with Crippen LogP contribution in [0, 0.1) is 6.92 Å². The van der Waals surface area contributed by atoms with E-state index in [1.807, 2.05) is 37.3 Å². The molecular weight excluding hydrogens is 266 g/mol. The molecule has 0 unspecified atom stereocenters. The molecule has 4 heteroatoms. The molecule has 1 aromatic heterocycles. The molecular formula is C14H10ClNOS. The topological polar surface area (TPSA) is 33.1 Å². The highest BCUT2D eigenvalue weighted by molar-refractivity contribution is 7.21. The van der Waals surface area contributed by atoms with Crippen molar-refractivity contribution in [1.82, 2.24) is 4.98 Å². The number of benzene rings is 2. The molecule has 0 amide bonds. The van der Waals surface area contributed by atoms with E-state index in [0.29, 0.717) is 10.8 Å². The number of rotatable bonds is 1. The van der Waals surface area contributed by atoms with E-state index < -0.39 is 0 Å². The Balaban J connectivity index is 2.22. The lowest BCUT2D eigenvalue weighted by Gasteiger charge is -2.03. The summed E-state index contributed by atoms with van der Waals surface area (Å²) in [6.45, 7) is 1.89. The number of fused-ring (bicyclic) bond motifs is 1. The Morgan fingerprint density at radius 3 is 2.89 bits per heavy atom. The second-order valence-electron chi connectivity index (χ2n) is 4.08. The Hall–Kier alpha value is -1.58. The van der Waals surface area contributed by atoms with E-state index >= 15 is 0 Å². The number of phenols is 1. The van der Waals surface area contributed by atoms with Gasteiger partial charge in [-0.3, -0.25) is 0 Å². The van der Waals surface area contributed by atoms with Crippen molar-refractivity contribution >= 4 is 33.2 Å². The van der Waals surface area contributed by atoms with Crippen LogP contribution < -0.4 is 0 Å². The Kier molecular flexibility index (Phi) is 2.73. The average Bonchev–Trinajstić information content (AvgIpc) is 2.75. The van der Waals surface area contributed by atoms with Gasteiger partial charge in [-0.05, 0) is 31.2 Å². The minimum absolute atomic E-state index is 0.296. The van der Waals surface area contributed by atoms with Gasteiger partial charge in [0.2, 0.25) is 0 Å². The summed E-state index contributed by atoms with van der Waals surface area (Å²) in [5.41, 5.74) is 2.71. The molecule has 1 N–H and O–H groups in total. The van der Waals surface area contributed by atoms with Crippen LogP contribution in [0.25, 0.3) is 20.8 Å². The van der Waals surface area contributed by atoms with Crippen molar-refractivity contribution in [2.75, 3.05) is 0 Å². The summed E-state index contributed by atoms with van der Waals surface area (Å²) in [5, 5.41) is 11.3. The molecule has 1 heterocycles. The van der Waals surface area contributed by atoms with Crippen LogP contribution in [0.4, 0.5) is 0 Å². The Bertz CT molecular complexity index is 736. The van der Waals surface area contributed by atoms with Crippen LogP contribution in [0.15, 0.2) is 36.4 Å². The number of aromatic hydroxyl groups is 1. The van der Waals surface area contributed by atoms with E-state index in [1.54, 1.807) is 17.4 Å². The van der Waals surface area contributed by atoms with Gasteiger partial charge in [0.25, 0.3) is 0 Å². The van der Waals surface area contributed by atoms with Crippen LogP contribution in [-0.2, 0) is 0 Å². The number of thiazole rings is 1. The molecule has 0 aliphatic rings. The highest BCUT2D eigenvalue weighted by Crippen LogP contribution is 2.35. The fraction of sp³-hybridized carbons (Fsp3) is 0.0714. The SMILES string of the molecule is Cc1c(O)cccc1-c1nc2cc(Cl)ccc2s1. The summed E-state index contributed by atoms with van der Waals surface area (Å²) in [4.78, 5) is 4.57. The first kappa shape index (κ1) is 11.5. The van der Waals surface area contributed by atoms with Crippen molar-refractivity contribution < 1.29 is 5.11 Å². The van der Waals surface area contributed by atoms with Crippen LogP contribution in [0.5, 0.6) is 5.75 Å². The first-order valence-electron chi connectivity index (χ1n) is 5.50. The number of hydrogen-bond donors (Lipinski definition) is 1. The van der Waals surface area contributed by atoms with E-state index in [2.05, 4.69) is 4.98 Å². The molecule has 3 aromatic rings. The first-order valence-corrected chi connectivity index (χ1v) is 6.69. The molecule has 0 saturated carbocycles. The van der Waals surface area contributed by atoms with Gasteiger partial charge in [-0.1, -0.05) is 23.7 Å². The van der Waals surface area contributed by atoms with Gasteiger partial charge in [0.1, 0.15) is 10.8 Å². The lowest BCUT2D eigenvalue weighted by Crippen LogP contribution is -1.82. The zero-order valence-corrected chi connectivity index (χ0v) is 11.2. The maximum atomic E-state index is 9.74. The summed E-state index contributed by atoms with van der Waals surface area (Å²) in [5.74, 6) is 0.296. The number of hydrogen-bond acceptors (Lipinski definition) is 3. The number of halogens is 1. The maximum Gasteiger partial charge on any atom is 0.125 e. The number of phenolic OH excluding ortho intramolecular Hbond substituents is 1. The molecule has 0 bridgehead atoms. The number of aromatic nitrogens is 1. The zero-order valence-electron chi connectivity index (χ0n) is 9.64. The predicted octanol–water partition coefficient (Wildman–Crippen LogP) is 4.63. The summed E-state index contributed by atoms with van der Waals surface area (Å²) >= 11 is 7.56. The molecule has 3 rings (SSSR count). The largest absolute Gasteiger partial charge is 0.508 e. The normalized spacial score (nSPS) is 11.0. The molecule has 18 heavy (non-hydrogen) atoms.